The van der Waals surface area contributed by atoms with Gasteiger partial charge in [0.15, 0.2) is 5.79 Å². The van der Waals surface area contributed by atoms with Crippen molar-refractivity contribution in [3.05, 3.63) is 35.9 Å². The third kappa shape index (κ3) is 3.33. The Balaban J connectivity index is 1.41. The highest BCUT2D eigenvalue weighted by Gasteiger charge is 2.50. The second kappa shape index (κ2) is 6.19. The molecule has 4 rings (SSSR count). The molecule has 23 heavy (non-hydrogen) atoms. The third-order valence-corrected chi connectivity index (χ3v) is 5.78. The molecule has 3 heteroatoms. The van der Waals surface area contributed by atoms with Crippen LogP contribution in [0, 0.1) is 11.8 Å². The quantitative estimate of drug-likeness (QED) is 0.832. The highest BCUT2D eigenvalue weighted by Crippen LogP contribution is 2.47. The van der Waals surface area contributed by atoms with Gasteiger partial charge in [0.25, 0.3) is 0 Å². The van der Waals surface area contributed by atoms with Gasteiger partial charge in [-0.25, -0.2) is 0 Å². The summed E-state index contributed by atoms with van der Waals surface area (Å²) in [4.78, 5) is 0. The van der Waals surface area contributed by atoms with Crippen LogP contribution < -0.4 is 0 Å². The van der Waals surface area contributed by atoms with Gasteiger partial charge in [0, 0.05) is 0 Å². The molecule has 0 unspecified atom stereocenters. The lowest BCUT2D eigenvalue weighted by molar-refractivity contribution is -0.146. The van der Waals surface area contributed by atoms with Gasteiger partial charge in [0.05, 0.1) is 24.9 Å². The number of benzene rings is 1. The normalized spacial score (nSPS) is 38.8. The van der Waals surface area contributed by atoms with Crippen LogP contribution in [0.15, 0.2) is 30.3 Å². The first kappa shape index (κ1) is 15.6. The van der Waals surface area contributed by atoms with Crippen molar-refractivity contribution in [2.45, 2.75) is 76.7 Å². The summed E-state index contributed by atoms with van der Waals surface area (Å²) in [7, 11) is 0. The largest absolute Gasteiger partial charge is 0.373 e. The van der Waals surface area contributed by atoms with Gasteiger partial charge in [-0.1, -0.05) is 36.8 Å². The number of hydrogen-bond acceptors (Lipinski definition) is 3. The molecule has 3 fully saturated rings. The van der Waals surface area contributed by atoms with E-state index in [2.05, 4.69) is 30.3 Å². The van der Waals surface area contributed by atoms with Gasteiger partial charge in [-0.3, -0.25) is 0 Å². The molecule has 126 valence electrons. The zero-order valence-electron chi connectivity index (χ0n) is 14.2. The minimum Gasteiger partial charge on any atom is -0.373 e. The molecule has 3 aliphatic rings. The van der Waals surface area contributed by atoms with E-state index in [4.69, 9.17) is 14.2 Å². The van der Waals surface area contributed by atoms with Crippen molar-refractivity contribution in [1.29, 1.82) is 0 Å². The summed E-state index contributed by atoms with van der Waals surface area (Å²) in [6.07, 6.45) is 6.96. The lowest BCUT2D eigenvalue weighted by Gasteiger charge is -2.44. The zero-order chi connectivity index (χ0) is 15.9. The van der Waals surface area contributed by atoms with Crippen LogP contribution in [0.5, 0.6) is 0 Å². The van der Waals surface area contributed by atoms with Gasteiger partial charge in [-0.2, -0.15) is 0 Å². The topological polar surface area (TPSA) is 27.7 Å². The van der Waals surface area contributed by atoms with Crippen molar-refractivity contribution >= 4 is 0 Å². The predicted octanol–water partition coefficient (Wildman–Crippen LogP) is 4.30. The van der Waals surface area contributed by atoms with Crippen LogP contribution in [-0.4, -0.2) is 24.1 Å². The fourth-order valence-electron chi connectivity index (χ4n) is 4.81. The second-order valence-electron chi connectivity index (χ2n) is 7.87. The lowest BCUT2D eigenvalue weighted by Crippen LogP contribution is -2.45. The van der Waals surface area contributed by atoms with Gasteiger partial charge in [0.2, 0.25) is 0 Å². The van der Waals surface area contributed by atoms with Crippen molar-refractivity contribution in [2.75, 3.05) is 0 Å². The fourth-order valence-corrected chi connectivity index (χ4v) is 4.81. The minimum absolute atomic E-state index is 0.257. The first-order valence-corrected chi connectivity index (χ1v) is 9.12. The molecule has 0 amide bonds. The standard InChI is InChI=1S/C20H28O3/c1-20(2)22-18-11-15-9-6-10-17(16(15)12-19(18)23-20)21-13-14-7-4-3-5-8-14/h3-5,7-8,15-19H,6,9-13H2,1-2H3/t15-,16+,17+,18-,19+/m1/s1. The van der Waals surface area contributed by atoms with Gasteiger partial charge in [0.1, 0.15) is 0 Å². The molecular weight excluding hydrogens is 288 g/mol. The second-order valence-corrected chi connectivity index (χ2v) is 7.87. The van der Waals surface area contributed by atoms with Crippen LogP contribution in [0.3, 0.4) is 0 Å². The molecule has 0 spiro atoms. The molecule has 0 bridgehead atoms. The molecule has 5 atom stereocenters. The third-order valence-electron chi connectivity index (χ3n) is 5.78. The van der Waals surface area contributed by atoms with Crippen LogP contribution in [0.1, 0.15) is 51.5 Å². The van der Waals surface area contributed by atoms with Gasteiger partial charge in [-0.05, 0) is 56.9 Å². The van der Waals surface area contributed by atoms with Crippen LogP contribution >= 0.6 is 0 Å². The SMILES string of the molecule is CC1(C)O[C@H]2C[C@H]3[C@H](CCC[C@@H]3OCc3ccccc3)C[C@H]2O1. The summed E-state index contributed by atoms with van der Waals surface area (Å²) < 4.78 is 18.6. The molecule has 0 radical (unpaired) electrons. The van der Waals surface area contributed by atoms with Crippen molar-refractivity contribution in [2.24, 2.45) is 11.8 Å². The lowest BCUT2D eigenvalue weighted by atomic mass is 9.67. The highest BCUT2D eigenvalue weighted by atomic mass is 16.7. The maximum atomic E-state index is 6.34. The van der Waals surface area contributed by atoms with Gasteiger partial charge in [-0.15, -0.1) is 0 Å². The summed E-state index contributed by atoms with van der Waals surface area (Å²) in [5.41, 5.74) is 1.27. The van der Waals surface area contributed by atoms with Crippen molar-refractivity contribution in [1.82, 2.24) is 0 Å². The van der Waals surface area contributed by atoms with Crippen LogP contribution in [0.2, 0.25) is 0 Å². The van der Waals surface area contributed by atoms with Crippen molar-refractivity contribution in [3.63, 3.8) is 0 Å². The van der Waals surface area contributed by atoms with E-state index < -0.39 is 5.79 Å². The van der Waals surface area contributed by atoms with Crippen LogP contribution in [0.25, 0.3) is 0 Å². The molecule has 3 nitrogen and oxygen atoms in total. The summed E-state index contributed by atoms with van der Waals surface area (Å²) in [5, 5.41) is 0. The maximum absolute atomic E-state index is 6.34. The number of rotatable bonds is 3. The van der Waals surface area contributed by atoms with E-state index in [9.17, 15) is 0 Å². The summed E-state index contributed by atoms with van der Waals surface area (Å²) >= 11 is 0. The molecule has 1 saturated heterocycles. The van der Waals surface area contributed by atoms with Crippen LogP contribution in [0.4, 0.5) is 0 Å². The molecule has 0 aromatic heterocycles. The number of ether oxygens (including phenoxy) is 3. The predicted molar refractivity (Wildman–Crippen MR) is 88.9 cm³/mol. The van der Waals surface area contributed by atoms with E-state index in [1.807, 2.05) is 13.8 Å². The van der Waals surface area contributed by atoms with Crippen molar-refractivity contribution in [3.8, 4) is 0 Å². The molecular formula is C20H28O3. The first-order chi connectivity index (χ1) is 11.1. The Morgan fingerprint density at radius 2 is 1.78 bits per heavy atom. The molecule has 1 aliphatic heterocycles. The Morgan fingerprint density at radius 1 is 1.04 bits per heavy atom. The number of fused-ring (bicyclic) bond motifs is 2. The van der Waals surface area contributed by atoms with Crippen molar-refractivity contribution < 1.29 is 14.2 Å². The Labute approximate surface area is 139 Å². The number of hydrogen-bond donors (Lipinski definition) is 0. The maximum Gasteiger partial charge on any atom is 0.163 e. The Morgan fingerprint density at radius 3 is 2.57 bits per heavy atom. The van der Waals surface area contributed by atoms with E-state index in [0.717, 1.165) is 25.4 Å². The minimum atomic E-state index is -0.413. The Hall–Kier alpha value is -0.900. The summed E-state index contributed by atoms with van der Waals surface area (Å²) in [5.74, 6) is 0.956. The average molecular weight is 316 g/mol. The van der Waals surface area contributed by atoms with Gasteiger partial charge < -0.3 is 14.2 Å². The fraction of sp³-hybridized carbons (Fsp3) is 0.700. The molecule has 2 saturated carbocycles. The Bertz CT molecular complexity index is 527. The van der Waals surface area contributed by atoms with E-state index in [1.54, 1.807) is 0 Å². The van der Waals surface area contributed by atoms with E-state index >= 15 is 0 Å². The van der Waals surface area contributed by atoms with Gasteiger partial charge >= 0.3 is 0 Å². The Kier molecular flexibility index (Phi) is 4.21. The molecule has 2 aliphatic carbocycles. The summed E-state index contributed by atoms with van der Waals surface area (Å²) in [6, 6.07) is 10.5. The first-order valence-electron chi connectivity index (χ1n) is 9.12. The van der Waals surface area contributed by atoms with E-state index in [1.165, 1.54) is 24.8 Å². The average Bonchev–Trinajstić information content (AvgIpc) is 2.84. The monoisotopic (exact) mass is 316 g/mol. The zero-order valence-corrected chi connectivity index (χ0v) is 14.2. The van der Waals surface area contributed by atoms with E-state index in [-0.39, 0.29) is 6.10 Å². The van der Waals surface area contributed by atoms with Crippen LogP contribution in [-0.2, 0) is 20.8 Å². The summed E-state index contributed by atoms with van der Waals surface area (Å²) in [6.45, 7) is 4.81. The molecule has 1 aromatic carbocycles. The molecule has 1 heterocycles. The molecule has 0 N–H and O–H groups in total. The van der Waals surface area contributed by atoms with E-state index in [0.29, 0.717) is 18.1 Å². The highest BCUT2D eigenvalue weighted by molar-refractivity contribution is 5.13. The molecule has 1 aromatic rings. The smallest absolute Gasteiger partial charge is 0.163 e.